The van der Waals surface area contributed by atoms with Crippen LogP contribution in [0.3, 0.4) is 0 Å². The smallest absolute Gasteiger partial charge is 0.254 e. The summed E-state index contributed by atoms with van der Waals surface area (Å²) < 4.78 is 0. The predicted octanol–water partition coefficient (Wildman–Crippen LogP) is 0.936. The van der Waals surface area contributed by atoms with Crippen molar-refractivity contribution in [2.24, 2.45) is 0 Å². The molecule has 1 aromatic rings. The summed E-state index contributed by atoms with van der Waals surface area (Å²) in [6.45, 7) is 4.87. The molecule has 0 saturated carbocycles. The Morgan fingerprint density at radius 1 is 1.37 bits per heavy atom. The van der Waals surface area contributed by atoms with Gasteiger partial charge in [0.25, 0.3) is 5.91 Å². The van der Waals surface area contributed by atoms with Crippen molar-refractivity contribution in [2.75, 3.05) is 33.2 Å². The number of hydrogen-bond donors (Lipinski definition) is 1. The highest BCUT2D eigenvalue weighted by atomic mass is 16.2. The normalized spacial score (nSPS) is 23.7. The first-order chi connectivity index (χ1) is 9.24. The van der Waals surface area contributed by atoms with E-state index in [2.05, 4.69) is 23.3 Å². The first-order valence-electron chi connectivity index (χ1n) is 7.03. The van der Waals surface area contributed by atoms with Crippen LogP contribution >= 0.6 is 0 Å². The number of piperazine rings is 1. The number of likely N-dealkylation sites (N-methyl/N-ethyl adjacent to an activating group) is 1. The molecule has 19 heavy (non-hydrogen) atoms. The largest absolute Gasteiger partial charge is 0.334 e. The van der Waals surface area contributed by atoms with E-state index in [-0.39, 0.29) is 5.91 Å². The van der Waals surface area contributed by atoms with Crippen LogP contribution in [0, 0.1) is 0 Å². The van der Waals surface area contributed by atoms with Gasteiger partial charge in [-0.25, -0.2) is 0 Å². The summed E-state index contributed by atoms with van der Waals surface area (Å²) >= 11 is 0. The molecular weight excluding hydrogens is 238 g/mol. The second-order valence-corrected chi connectivity index (χ2v) is 5.59. The lowest BCUT2D eigenvalue weighted by atomic mass is 10.1. The van der Waals surface area contributed by atoms with E-state index < -0.39 is 0 Å². The average Bonchev–Trinajstić information content (AvgIpc) is 2.74. The van der Waals surface area contributed by atoms with E-state index >= 15 is 0 Å². The summed E-state index contributed by atoms with van der Waals surface area (Å²) in [6, 6.07) is 8.45. The number of nitrogens with zero attached hydrogens (tertiary/aromatic N) is 2. The van der Waals surface area contributed by atoms with Crippen molar-refractivity contribution in [1.29, 1.82) is 0 Å². The number of carbonyl (C=O) groups excluding carboxylic acids is 1. The Balaban J connectivity index is 1.56. The van der Waals surface area contributed by atoms with Gasteiger partial charge in [0.1, 0.15) is 0 Å². The van der Waals surface area contributed by atoms with Crippen LogP contribution in [0.5, 0.6) is 0 Å². The number of carbonyl (C=O) groups is 1. The Labute approximate surface area is 114 Å². The van der Waals surface area contributed by atoms with Crippen molar-refractivity contribution < 1.29 is 4.79 Å². The molecule has 1 amide bonds. The van der Waals surface area contributed by atoms with E-state index in [0.29, 0.717) is 6.04 Å². The number of fused-ring (bicyclic) bond motifs is 1. The van der Waals surface area contributed by atoms with Crippen LogP contribution < -0.4 is 5.32 Å². The molecule has 4 heteroatoms. The molecule has 0 radical (unpaired) electrons. The first kappa shape index (κ1) is 12.6. The van der Waals surface area contributed by atoms with Gasteiger partial charge in [-0.3, -0.25) is 4.79 Å². The third kappa shape index (κ3) is 2.65. The van der Waals surface area contributed by atoms with Crippen molar-refractivity contribution in [3.63, 3.8) is 0 Å². The highest BCUT2D eigenvalue weighted by molar-refractivity contribution is 5.98. The van der Waals surface area contributed by atoms with Crippen LogP contribution in [0.25, 0.3) is 0 Å². The molecule has 1 saturated heterocycles. The summed E-state index contributed by atoms with van der Waals surface area (Å²) in [5.41, 5.74) is 2.05. The molecule has 1 aromatic carbocycles. The number of benzene rings is 1. The van der Waals surface area contributed by atoms with E-state index in [9.17, 15) is 4.79 Å². The van der Waals surface area contributed by atoms with Gasteiger partial charge in [-0.05, 0) is 25.1 Å². The van der Waals surface area contributed by atoms with Crippen LogP contribution in [0.1, 0.15) is 22.3 Å². The zero-order valence-corrected chi connectivity index (χ0v) is 11.4. The zero-order chi connectivity index (χ0) is 13.2. The summed E-state index contributed by atoms with van der Waals surface area (Å²) in [5, 5.41) is 3.53. The Bertz CT molecular complexity index is 474. The SMILES string of the molecule is CN1CCNC(CCN2Cc3ccccc3C2=O)C1. The summed E-state index contributed by atoms with van der Waals surface area (Å²) in [5.74, 6) is 0.194. The van der Waals surface area contributed by atoms with E-state index in [1.165, 1.54) is 5.56 Å². The van der Waals surface area contributed by atoms with E-state index in [1.807, 2.05) is 23.1 Å². The summed E-state index contributed by atoms with van der Waals surface area (Å²) in [4.78, 5) is 16.6. The minimum Gasteiger partial charge on any atom is -0.334 e. The molecule has 2 heterocycles. The molecule has 0 spiro atoms. The molecule has 0 aliphatic carbocycles. The fourth-order valence-corrected chi connectivity index (χ4v) is 2.99. The van der Waals surface area contributed by atoms with Crippen LogP contribution in [-0.2, 0) is 6.54 Å². The lowest BCUT2D eigenvalue weighted by molar-refractivity contribution is 0.0766. The van der Waals surface area contributed by atoms with Gasteiger partial charge in [0, 0.05) is 44.3 Å². The standard InChI is InChI=1S/C15H21N3O/c1-17-9-7-16-13(11-17)6-8-18-10-12-4-2-3-5-14(12)15(18)19/h2-5,13,16H,6-11H2,1H3. The van der Waals surface area contributed by atoms with Crippen LogP contribution in [0.4, 0.5) is 0 Å². The predicted molar refractivity (Wildman–Crippen MR) is 75.1 cm³/mol. The van der Waals surface area contributed by atoms with Crippen molar-refractivity contribution in [2.45, 2.75) is 19.0 Å². The molecule has 1 fully saturated rings. The zero-order valence-electron chi connectivity index (χ0n) is 11.4. The third-order valence-corrected chi connectivity index (χ3v) is 4.10. The van der Waals surface area contributed by atoms with Gasteiger partial charge in [-0.2, -0.15) is 0 Å². The van der Waals surface area contributed by atoms with Crippen molar-refractivity contribution in [3.05, 3.63) is 35.4 Å². The number of amides is 1. The summed E-state index contributed by atoms with van der Waals surface area (Å²) in [6.07, 6.45) is 1.03. The Hall–Kier alpha value is -1.39. The molecule has 1 N–H and O–H groups in total. The van der Waals surface area contributed by atoms with E-state index in [0.717, 1.165) is 44.7 Å². The maximum absolute atomic E-state index is 12.2. The second-order valence-electron chi connectivity index (χ2n) is 5.59. The molecule has 1 atom stereocenters. The highest BCUT2D eigenvalue weighted by Crippen LogP contribution is 2.22. The lowest BCUT2D eigenvalue weighted by Crippen LogP contribution is -2.50. The van der Waals surface area contributed by atoms with Gasteiger partial charge < -0.3 is 15.1 Å². The van der Waals surface area contributed by atoms with E-state index in [1.54, 1.807) is 0 Å². The fourth-order valence-electron chi connectivity index (χ4n) is 2.99. The Morgan fingerprint density at radius 2 is 2.21 bits per heavy atom. The monoisotopic (exact) mass is 259 g/mol. The lowest BCUT2D eigenvalue weighted by Gasteiger charge is -2.31. The molecule has 102 valence electrons. The molecule has 2 aliphatic rings. The molecule has 0 bridgehead atoms. The maximum atomic E-state index is 12.2. The molecule has 4 nitrogen and oxygen atoms in total. The Kier molecular flexibility index (Phi) is 3.53. The minimum absolute atomic E-state index is 0.194. The minimum atomic E-state index is 0.194. The van der Waals surface area contributed by atoms with Gasteiger partial charge in [-0.15, -0.1) is 0 Å². The summed E-state index contributed by atoms with van der Waals surface area (Å²) in [7, 11) is 2.16. The van der Waals surface area contributed by atoms with Crippen LogP contribution in [0.2, 0.25) is 0 Å². The number of hydrogen-bond acceptors (Lipinski definition) is 3. The van der Waals surface area contributed by atoms with Crippen molar-refractivity contribution >= 4 is 5.91 Å². The van der Waals surface area contributed by atoms with E-state index in [4.69, 9.17) is 0 Å². The average molecular weight is 259 g/mol. The topological polar surface area (TPSA) is 35.6 Å². The highest BCUT2D eigenvalue weighted by Gasteiger charge is 2.27. The van der Waals surface area contributed by atoms with Crippen molar-refractivity contribution in [1.82, 2.24) is 15.1 Å². The van der Waals surface area contributed by atoms with Gasteiger partial charge >= 0.3 is 0 Å². The third-order valence-electron chi connectivity index (χ3n) is 4.10. The van der Waals surface area contributed by atoms with Gasteiger partial charge in [0.15, 0.2) is 0 Å². The number of rotatable bonds is 3. The Morgan fingerprint density at radius 3 is 3.00 bits per heavy atom. The molecule has 3 rings (SSSR count). The molecule has 1 unspecified atom stereocenters. The van der Waals surface area contributed by atoms with Crippen LogP contribution in [0.15, 0.2) is 24.3 Å². The molecular formula is C15H21N3O. The molecule has 0 aromatic heterocycles. The van der Waals surface area contributed by atoms with Crippen LogP contribution in [-0.4, -0.2) is 55.0 Å². The first-order valence-corrected chi connectivity index (χ1v) is 7.03. The maximum Gasteiger partial charge on any atom is 0.254 e. The van der Waals surface area contributed by atoms with Crippen molar-refractivity contribution in [3.8, 4) is 0 Å². The fraction of sp³-hybridized carbons (Fsp3) is 0.533. The number of nitrogens with one attached hydrogen (secondary N) is 1. The van der Waals surface area contributed by atoms with Gasteiger partial charge in [0.05, 0.1) is 0 Å². The second kappa shape index (κ2) is 5.31. The van der Waals surface area contributed by atoms with Gasteiger partial charge in [0.2, 0.25) is 0 Å². The molecule has 2 aliphatic heterocycles. The quantitative estimate of drug-likeness (QED) is 0.877. The van der Waals surface area contributed by atoms with Gasteiger partial charge in [-0.1, -0.05) is 18.2 Å².